The standard InChI is InChI=1S/C22H21N3O3S2/c1-27-17-10-14-5-7-25(13-20(26)24-22-15(12-23)6-9-30-22)21(19-4-3-8-29-19)16(14)11-18(17)28-2/h3-4,6,8-11,21H,5,7,13H2,1-2H3,(H,24,26). The van der Waals surface area contributed by atoms with Crippen molar-refractivity contribution >= 4 is 33.6 Å². The van der Waals surface area contributed by atoms with Crippen LogP contribution in [0.2, 0.25) is 0 Å². The number of benzene rings is 1. The van der Waals surface area contributed by atoms with Gasteiger partial charge in [-0.3, -0.25) is 9.69 Å². The molecule has 0 bridgehead atoms. The molecule has 154 valence electrons. The molecule has 1 amide bonds. The van der Waals surface area contributed by atoms with E-state index in [1.165, 1.54) is 21.8 Å². The van der Waals surface area contributed by atoms with Crippen LogP contribution in [0.3, 0.4) is 0 Å². The van der Waals surface area contributed by atoms with E-state index in [1.54, 1.807) is 37.0 Å². The summed E-state index contributed by atoms with van der Waals surface area (Å²) in [5.41, 5.74) is 2.82. The van der Waals surface area contributed by atoms with E-state index in [9.17, 15) is 10.1 Å². The zero-order chi connectivity index (χ0) is 21.1. The Morgan fingerprint density at radius 1 is 1.23 bits per heavy atom. The Morgan fingerprint density at radius 3 is 2.73 bits per heavy atom. The van der Waals surface area contributed by atoms with Gasteiger partial charge in [-0.2, -0.15) is 5.26 Å². The van der Waals surface area contributed by atoms with Gasteiger partial charge >= 0.3 is 0 Å². The Labute approximate surface area is 183 Å². The minimum Gasteiger partial charge on any atom is -0.493 e. The first kappa shape index (κ1) is 20.4. The van der Waals surface area contributed by atoms with Crippen LogP contribution in [0.4, 0.5) is 5.00 Å². The minimum atomic E-state index is -0.126. The van der Waals surface area contributed by atoms with E-state index in [4.69, 9.17) is 9.47 Å². The highest BCUT2D eigenvalue weighted by Gasteiger charge is 2.32. The maximum atomic E-state index is 12.8. The summed E-state index contributed by atoms with van der Waals surface area (Å²) in [6.45, 7) is 0.979. The van der Waals surface area contributed by atoms with Gasteiger partial charge in [0.15, 0.2) is 11.5 Å². The summed E-state index contributed by atoms with van der Waals surface area (Å²) in [7, 11) is 3.27. The highest BCUT2D eigenvalue weighted by Crippen LogP contribution is 2.42. The topological polar surface area (TPSA) is 74.6 Å². The van der Waals surface area contributed by atoms with Gasteiger partial charge in [-0.15, -0.1) is 22.7 Å². The summed E-state index contributed by atoms with van der Waals surface area (Å²) in [5, 5.41) is 16.5. The first-order chi connectivity index (χ1) is 14.6. The molecule has 0 saturated heterocycles. The van der Waals surface area contributed by atoms with Crippen molar-refractivity contribution in [2.75, 3.05) is 32.6 Å². The summed E-state index contributed by atoms with van der Waals surface area (Å²) in [6.07, 6.45) is 0.813. The first-order valence-electron chi connectivity index (χ1n) is 9.44. The number of methoxy groups -OCH3 is 2. The summed E-state index contributed by atoms with van der Waals surface area (Å²) in [5.74, 6) is 1.27. The summed E-state index contributed by atoms with van der Waals surface area (Å²) >= 11 is 3.03. The largest absolute Gasteiger partial charge is 0.493 e. The van der Waals surface area contributed by atoms with Crippen LogP contribution in [0, 0.1) is 11.3 Å². The zero-order valence-corrected chi connectivity index (χ0v) is 18.3. The summed E-state index contributed by atoms with van der Waals surface area (Å²) < 4.78 is 11.0. The molecule has 1 aliphatic heterocycles. The first-order valence-corrected chi connectivity index (χ1v) is 11.2. The number of rotatable bonds is 6. The molecule has 1 aromatic carbocycles. The van der Waals surface area contributed by atoms with Gasteiger partial charge < -0.3 is 14.8 Å². The molecule has 4 rings (SSSR count). The van der Waals surface area contributed by atoms with Crippen molar-refractivity contribution in [3.8, 4) is 17.6 Å². The minimum absolute atomic E-state index is 0.0434. The van der Waals surface area contributed by atoms with Crippen molar-refractivity contribution in [3.63, 3.8) is 0 Å². The second-order valence-corrected chi connectivity index (χ2v) is 8.76. The van der Waals surface area contributed by atoms with Gasteiger partial charge in [0.05, 0.1) is 32.4 Å². The lowest BCUT2D eigenvalue weighted by Crippen LogP contribution is -2.40. The third-order valence-electron chi connectivity index (χ3n) is 5.17. The smallest absolute Gasteiger partial charge is 0.239 e. The van der Waals surface area contributed by atoms with Gasteiger partial charge in [-0.25, -0.2) is 0 Å². The fourth-order valence-corrected chi connectivity index (χ4v) is 5.42. The van der Waals surface area contributed by atoms with Crippen molar-refractivity contribution < 1.29 is 14.3 Å². The van der Waals surface area contributed by atoms with Crippen LogP contribution < -0.4 is 14.8 Å². The molecule has 30 heavy (non-hydrogen) atoms. The third-order valence-corrected chi connectivity index (χ3v) is 6.93. The lowest BCUT2D eigenvalue weighted by molar-refractivity contribution is -0.117. The van der Waals surface area contributed by atoms with E-state index in [0.29, 0.717) is 22.1 Å². The van der Waals surface area contributed by atoms with E-state index in [1.807, 2.05) is 23.6 Å². The van der Waals surface area contributed by atoms with Crippen molar-refractivity contribution in [1.82, 2.24) is 4.90 Å². The van der Waals surface area contributed by atoms with Crippen molar-refractivity contribution in [2.45, 2.75) is 12.5 Å². The molecule has 6 nitrogen and oxygen atoms in total. The molecule has 3 heterocycles. The maximum absolute atomic E-state index is 12.8. The second-order valence-electron chi connectivity index (χ2n) is 6.87. The maximum Gasteiger partial charge on any atom is 0.239 e. The van der Waals surface area contributed by atoms with Gasteiger partial charge in [-0.05, 0) is 52.6 Å². The molecule has 0 fully saturated rings. The van der Waals surface area contributed by atoms with Crippen molar-refractivity contribution in [3.05, 3.63) is 62.7 Å². The number of nitrogens with one attached hydrogen (secondary N) is 1. The Balaban J connectivity index is 1.64. The fourth-order valence-electron chi connectivity index (χ4n) is 3.79. The number of fused-ring (bicyclic) bond motifs is 1. The van der Waals surface area contributed by atoms with Gasteiger partial charge in [0.2, 0.25) is 5.91 Å². The van der Waals surface area contributed by atoms with Crippen LogP contribution in [-0.4, -0.2) is 38.1 Å². The van der Waals surface area contributed by atoms with Crippen LogP contribution in [0.15, 0.2) is 41.1 Å². The fraction of sp³-hybridized carbons (Fsp3) is 0.273. The van der Waals surface area contributed by atoms with E-state index in [0.717, 1.165) is 18.5 Å². The lowest BCUT2D eigenvalue weighted by atomic mass is 9.91. The summed E-state index contributed by atoms with van der Waals surface area (Å²) in [6, 6.07) is 12.0. The number of nitriles is 1. The van der Waals surface area contributed by atoms with E-state index >= 15 is 0 Å². The summed E-state index contributed by atoms with van der Waals surface area (Å²) in [4.78, 5) is 16.1. The average Bonchev–Trinajstić information content (AvgIpc) is 3.44. The SMILES string of the molecule is COc1cc2c(cc1OC)C(c1cccs1)N(CC(=O)Nc1sccc1C#N)CC2. The molecule has 0 radical (unpaired) electrons. The number of ether oxygens (including phenoxy) is 2. The molecule has 1 aliphatic rings. The molecule has 2 aromatic heterocycles. The number of carbonyl (C=O) groups excluding carboxylic acids is 1. The van der Waals surface area contributed by atoms with Crippen molar-refractivity contribution in [2.24, 2.45) is 0 Å². The molecule has 0 spiro atoms. The number of nitrogens with zero attached hydrogens (tertiary/aromatic N) is 2. The molecular formula is C22H21N3O3S2. The van der Waals surface area contributed by atoms with Gasteiger partial charge in [0.25, 0.3) is 0 Å². The van der Waals surface area contributed by atoms with Crippen LogP contribution >= 0.6 is 22.7 Å². The Bertz CT molecular complexity index is 1090. The van der Waals surface area contributed by atoms with E-state index in [-0.39, 0.29) is 18.5 Å². The molecule has 1 atom stereocenters. The quantitative estimate of drug-likeness (QED) is 0.620. The van der Waals surface area contributed by atoms with Crippen LogP contribution in [0.25, 0.3) is 0 Å². The molecular weight excluding hydrogens is 418 g/mol. The number of anilines is 1. The Hall–Kier alpha value is -2.86. The number of carbonyl (C=O) groups is 1. The van der Waals surface area contributed by atoms with Gasteiger partial charge in [0.1, 0.15) is 11.1 Å². The van der Waals surface area contributed by atoms with Crippen molar-refractivity contribution in [1.29, 1.82) is 5.26 Å². The zero-order valence-electron chi connectivity index (χ0n) is 16.7. The normalized spacial score (nSPS) is 15.8. The van der Waals surface area contributed by atoms with Crippen LogP contribution in [0.1, 0.15) is 27.6 Å². The Kier molecular flexibility index (Phi) is 6.04. The number of thiophene rings is 2. The molecule has 8 heteroatoms. The third kappa shape index (κ3) is 3.92. The monoisotopic (exact) mass is 439 g/mol. The molecule has 0 aliphatic carbocycles. The van der Waals surface area contributed by atoms with Gasteiger partial charge in [0, 0.05) is 11.4 Å². The highest BCUT2D eigenvalue weighted by atomic mass is 32.1. The molecule has 0 saturated carbocycles. The predicted molar refractivity (Wildman–Crippen MR) is 119 cm³/mol. The molecule has 1 unspecified atom stereocenters. The predicted octanol–water partition coefficient (Wildman–Crippen LogP) is 4.28. The van der Waals surface area contributed by atoms with Gasteiger partial charge in [-0.1, -0.05) is 6.07 Å². The molecule has 3 aromatic rings. The average molecular weight is 440 g/mol. The lowest BCUT2D eigenvalue weighted by Gasteiger charge is -2.36. The van der Waals surface area contributed by atoms with E-state index < -0.39 is 0 Å². The van der Waals surface area contributed by atoms with E-state index in [2.05, 4.69) is 22.4 Å². The number of amides is 1. The number of hydrogen-bond donors (Lipinski definition) is 1. The molecule has 1 N–H and O–H groups in total. The number of hydrogen-bond acceptors (Lipinski definition) is 7. The Morgan fingerprint density at radius 2 is 2.03 bits per heavy atom. The van der Waals surface area contributed by atoms with Crippen LogP contribution in [0.5, 0.6) is 11.5 Å². The highest BCUT2D eigenvalue weighted by molar-refractivity contribution is 7.14. The van der Waals surface area contributed by atoms with Crippen LogP contribution in [-0.2, 0) is 11.2 Å². The second kappa shape index (κ2) is 8.88.